The number of rotatable bonds is 2. The highest BCUT2D eigenvalue weighted by atomic mass is 32.1. The van der Waals surface area contributed by atoms with Gasteiger partial charge in [-0.3, -0.25) is 0 Å². The summed E-state index contributed by atoms with van der Waals surface area (Å²) in [4.78, 5) is 0. The number of aromatic nitrogens is 1. The van der Waals surface area contributed by atoms with Crippen molar-refractivity contribution < 1.29 is 0 Å². The van der Waals surface area contributed by atoms with E-state index in [9.17, 15) is 0 Å². The lowest BCUT2D eigenvalue weighted by molar-refractivity contribution is 1.13. The van der Waals surface area contributed by atoms with Crippen LogP contribution in [0.3, 0.4) is 0 Å². The van der Waals surface area contributed by atoms with Gasteiger partial charge in [0.1, 0.15) is 0 Å². The third-order valence-electron chi connectivity index (χ3n) is 8.42. The van der Waals surface area contributed by atoms with E-state index in [0.29, 0.717) is 0 Å². The molecule has 0 atom stereocenters. The molecule has 1 nitrogen and oxygen atoms in total. The van der Waals surface area contributed by atoms with E-state index in [4.69, 9.17) is 0 Å². The zero-order valence-corrected chi connectivity index (χ0v) is 22.5. The molecule has 0 saturated heterocycles. The minimum absolute atomic E-state index is 1.18. The van der Waals surface area contributed by atoms with Crippen LogP contribution in [-0.4, -0.2) is 4.57 Å². The average molecular weight is 526 g/mol. The third-order valence-corrected chi connectivity index (χ3v) is 9.61. The zero-order chi connectivity index (χ0) is 26.2. The van der Waals surface area contributed by atoms with Crippen molar-refractivity contribution in [3.8, 4) is 16.8 Å². The van der Waals surface area contributed by atoms with Crippen molar-refractivity contribution in [2.24, 2.45) is 0 Å². The fourth-order valence-corrected chi connectivity index (χ4v) is 7.77. The Morgan fingerprint density at radius 3 is 1.73 bits per heavy atom. The first-order valence-corrected chi connectivity index (χ1v) is 14.5. The van der Waals surface area contributed by atoms with Gasteiger partial charge in [-0.15, -0.1) is 11.3 Å². The second-order valence-corrected chi connectivity index (χ2v) is 11.6. The summed E-state index contributed by atoms with van der Waals surface area (Å²) in [5.74, 6) is 0. The minimum Gasteiger partial charge on any atom is -0.315 e. The Hall–Kier alpha value is -4.92. The molecule has 9 aromatic rings. The second-order valence-electron chi connectivity index (χ2n) is 10.6. The van der Waals surface area contributed by atoms with Crippen molar-refractivity contribution in [1.82, 2.24) is 4.57 Å². The molecule has 40 heavy (non-hydrogen) atoms. The van der Waals surface area contributed by atoms with Crippen LogP contribution in [0.5, 0.6) is 0 Å². The van der Waals surface area contributed by atoms with E-state index in [2.05, 4.69) is 144 Å². The minimum atomic E-state index is 1.18. The van der Waals surface area contributed by atoms with Gasteiger partial charge in [-0.1, -0.05) is 103 Å². The first kappa shape index (κ1) is 22.0. The SMILES string of the molecule is c1ccc2c(c1)sc1c2ccc2ccn(-c3ccc(-c4ccc5c6ccccc6c6ccccc6c5c4)cc3)c21. The number of nitrogens with zero attached hydrogens (tertiary/aromatic N) is 1. The summed E-state index contributed by atoms with van der Waals surface area (Å²) < 4.78 is 5.03. The molecular formula is C38H23NS. The van der Waals surface area contributed by atoms with Gasteiger partial charge >= 0.3 is 0 Å². The van der Waals surface area contributed by atoms with E-state index in [1.165, 1.54) is 80.2 Å². The van der Waals surface area contributed by atoms with Crippen LogP contribution < -0.4 is 0 Å². The number of hydrogen-bond acceptors (Lipinski definition) is 1. The summed E-state index contributed by atoms with van der Waals surface area (Å²) in [5.41, 5.74) is 4.94. The van der Waals surface area contributed by atoms with E-state index in [-0.39, 0.29) is 0 Å². The molecule has 0 saturated carbocycles. The predicted octanol–water partition coefficient (Wildman–Crippen LogP) is 11.1. The topological polar surface area (TPSA) is 4.93 Å². The van der Waals surface area contributed by atoms with E-state index in [0.717, 1.165) is 0 Å². The van der Waals surface area contributed by atoms with Crippen LogP contribution in [-0.2, 0) is 0 Å². The molecule has 0 amide bonds. The zero-order valence-electron chi connectivity index (χ0n) is 21.6. The molecule has 0 spiro atoms. The maximum atomic E-state index is 2.37. The van der Waals surface area contributed by atoms with Gasteiger partial charge in [0, 0.05) is 32.7 Å². The average Bonchev–Trinajstić information content (AvgIpc) is 3.63. The second kappa shape index (κ2) is 8.29. The lowest BCUT2D eigenvalue weighted by atomic mass is 9.92. The summed E-state index contributed by atoms with van der Waals surface area (Å²) in [5, 5.41) is 11.8. The molecule has 2 aromatic heterocycles. The number of fused-ring (bicyclic) bond motifs is 11. The summed E-state index contributed by atoms with van der Waals surface area (Å²) in [6, 6.07) is 49.0. The van der Waals surface area contributed by atoms with Crippen molar-refractivity contribution in [2.75, 3.05) is 0 Å². The molecule has 0 aliphatic heterocycles. The molecule has 9 rings (SSSR count). The Bertz CT molecular complexity index is 2390. The Labute approximate surface area is 235 Å². The van der Waals surface area contributed by atoms with Crippen LogP contribution in [0.15, 0.2) is 140 Å². The van der Waals surface area contributed by atoms with Gasteiger partial charge in [-0.2, -0.15) is 0 Å². The van der Waals surface area contributed by atoms with Gasteiger partial charge in [-0.25, -0.2) is 0 Å². The van der Waals surface area contributed by atoms with Gasteiger partial charge in [0.05, 0.1) is 10.2 Å². The number of thiophene rings is 1. The maximum Gasteiger partial charge on any atom is 0.0707 e. The van der Waals surface area contributed by atoms with Gasteiger partial charge in [-0.05, 0) is 73.8 Å². The van der Waals surface area contributed by atoms with Crippen LogP contribution >= 0.6 is 11.3 Å². The lowest BCUT2D eigenvalue weighted by Gasteiger charge is -2.12. The summed E-state index contributed by atoms with van der Waals surface area (Å²) in [7, 11) is 0. The van der Waals surface area contributed by atoms with Crippen LogP contribution in [0, 0.1) is 0 Å². The fraction of sp³-hybridized carbons (Fsp3) is 0. The normalized spacial score (nSPS) is 12.0. The van der Waals surface area contributed by atoms with Crippen LogP contribution in [0.2, 0.25) is 0 Å². The molecule has 186 valence electrons. The molecule has 0 N–H and O–H groups in total. The maximum absolute atomic E-state index is 2.37. The van der Waals surface area contributed by atoms with Gasteiger partial charge in [0.15, 0.2) is 0 Å². The Kier molecular flexibility index (Phi) is 4.55. The summed E-state index contributed by atoms with van der Waals surface area (Å²) in [6.07, 6.45) is 2.21. The van der Waals surface area contributed by atoms with Crippen LogP contribution in [0.4, 0.5) is 0 Å². The highest BCUT2D eigenvalue weighted by Crippen LogP contribution is 2.40. The quantitative estimate of drug-likeness (QED) is 0.198. The van der Waals surface area contributed by atoms with Gasteiger partial charge in [0.2, 0.25) is 0 Å². The first-order chi connectivity index (χ1) is 19.8. The van der Waals surface area contributed by atoms with E-state index in [1.54, 1.807) is 0 Å². The van der Waals surface area contributed by atoms with Crippen molar-refractivity contribution in [3.63, 3.8) is 0 Å². The third kappa shape index (κ3) is 3.08. The van der Waals surface area contributed by atoms with Gasteiger partial charge in [0.25, 0.3) is 0 Å². The molecular weight excluding hydrogens is 502 g/mol. The highest BCUT2D eigenvalue weighted by Gasteiger charge is 2.13. The van der Waals surface area contributed by atoms with E-state index >= 15 is 0 Å². The Morgan fingerprint density at radius 2 is 1.00 bits per heavy atom. The summed E-state index contributed by atoms with van der Waals surface area (Å²) >= 11 is 1.89. The van der Waals surface area contributed by atoms with Crippen LogP contribution in [0.25, 0.3) is 80.2 Å². The molecule has 0 bridgehead atoms. The number of hydrogen-bond donors (Lipinski definition) is 0. The van der Waals surface area contributed by atoms with Crippen molar-refractivity contribution in [3.05, 3.63) is 140 Å². The Morgan fingerprint density at radius 1 is 0.425 bits per heavy atom. The molecule has 2 heterocycles. The molecule has 0 radical (unpaired) electrons. The van der Waals surface area contributed by atoms with Crippen molar-refractivity contribution >= 4 is 74.7 Å². The Balaban J connectivity index is 1.20. The number of benzene rings is 7. The predicted molar refractivity (Wildman–Crippen MR) is 174 cm³/mol. The molecule has 0 aliphatic carbocycles. The first-order valence-electron chi connectivity index (χ1n) is 13.7. The molecule has 0 unspecified atom stereocenters. The standard InChI is InChI=1S/C38H23NS/c1-2-9-30-28(7-1)29-8-3-4-10-31(29)35-23-26(16-19-32(30)35)24-13-17-27(18-14-24)39-22-21-25-15-20-34-33-11-5-6-12-36(33)40-38(34)37(25)39/h1-23H. The largest absolute Gasteiger partial charge is 0.315 e. The van der Waals surface area contributed by atoms with Crippen LogP contribution in [0.1, 0.15) is 0 Å². The van der Waals surface area contributed by atoms with E-state index < -0.39 is 0 Å². The monoisotopic (exact) mass is 525 g/mol. The highest BCUT2D eigenvalue weighted by molar-refractivity contribution is 7.26. The van der Waals surface area contributed by atoms with Gasteiger partial charge < -0.3 is 4.57 Å². The molecule has 0 aliphatic rings. The molecule has 7 aromatic carbocycles. The smallest absolute Gasteiger partial charge is 0.0707 e. The van der Waals surface area contributed by atoms with E-state index in [1.807, 2.05) is 11.3 Å². The lowest BCUT2D eigenvalue weighted by Crippen LogP contribution is -1.92. The fourth-order valence-electron chi connectivity index (χ4n) is 6.52. The molecule has 2 heteroatoms. The van der Waals surface area contributed by atoms with Crippen molar-refractivity contribution in [1.29, 1.82) is 0 Å². The molecule has 0 fully saturated rings. The van der Waals surface area contributed by atoms with Crippen molar-refractivity contribution in [2.45, 2.75) is 0 Å². The summed E-state index contributed by atoms with van der Waals surface area (Å²) in [6.45, 7) is 0.